The van der Waals surface area contributed by atoms with Crippen molar-refractivity contribution in [2.24, 2.45) is 29.1 Å². The average Bonchev–Trinajstić information content (AvgIpc) is 2.64. The standard InChI is InChI=1S/C11H18/c1-11(2)9-8(10(9)11)6-7-4-3-5-7/h7-10H,3-6H2,1-2H3. The summed E-state index contributed by atoms with van der Waals surface area (Å²) in [7, 11) is 0. The molecular weight excluding hydrogens is 132 g/mol. The molecule has 3 rings (SSSR count). The van der Waals surface area contributed by atoms with E-state index in [1.54, 1.807) is 19.3 Å². The molecule has 0 heterocycles. The van der Waals surface area contributed by atoms with Crippen LogP contribution in [-0.2, 0) is 0 Å². The molecule has 3 aliphatic carbocycles. The van der Waals surface area contributed by atoms with Crippen molar-refractivity contribution in [1.82, 2.24) is 0 Å². The van der Waals surface area contributed by atoms with Crippen LogP contribution >= 0.6 is 0 Å². The Morgan fingerprint density at radius 2 is 1.82 bits per heavy atom. The van der Waals surface area contributed by atoms with Gasteiger partial charge in [-0.05, 0) is 35.5 Å². The van der Waals surface area contributed by atoms with E-state index in [0.29, 0.717) is 0 Å². The van der Waals surface area contributed by atoms with E-state index in [2.05, 4.69) is 13.8 Å². The molecule has 62 valence electrons. The Bertz CT molecular complexity index is 176. The van der Waals surface area contributed by atoms with Gasteiger partial charge in [-0.1, -0.05) is 33.1 Å². The summed E-state index contributed by atoms with van der Waals surface area (Å²) in [6, 6.07) is 0. The van der Waals surface area contributed by atoms with Gasteiger partial charge in [0.05, 0.1) is 0 Å². The van der Waals surface area contributed by atoms with Gasteiger partial charge < -0.3 is 0 Å². The molecule has 3 aliphatic rings. The van der Waals surface area contributed by atoms with E-state index in [-0.39, 0.29) is 0 Å². The summed E-state index contributed by atoms with van der Waals surface area (Å²) in [4.78, 5) is 0. The monoisotopic (exact) mass is 150 g/mol. The minimum absolute atomic E-state index is 0.786. The predicted molar refractivity (Wildman–Crippen MR) is 46.2 cm³/mol. The van der Waals surface area contributed by atoms with Gasteiger partial charge in [0.2, 0.25) is 0 Å². The summed E-state index contributed by atoms with van der Waals surface area (Å²) >= 11 is 0. The van der Waals surface area contributed by atoms with E-state index in [0.717, 1.165) is 11.3 Å². The predicted octanol–water partition coefficient (Wildman–Crippen LogP) is 3.08. The summed E-state index contributed by atoms with van der Waals surface area (Å²) in [6.07, 6.45) is 6.22. The lowest BCUT2D eigenvalue weighted by atomic mass is 9.77. The van der Waals surface area contributed by atoms with E-state index in [1.165, 1.54) is 24.2 Å². The van der Waals surface area contributed by atoms with Crippen LogP contribution < -0.4 is 0 Å². The molecule has 0 bridgehead atoms. The Morgan fingerprint density at radius 1 is 1.18 bits per heavy atom. The molecule has 3 saturated carbocycles. The second-order valence-corrected chi connectivity index (χ2v) is 5.57. The van der Waals surface area contributed by atoms with Crippen LogP contribution in [0.3, 0.4) is 0 Å². The highest BCUT2D eigenvalue weighted by Gasteiger charge is 2.77. The fourth-order valence-electron chi connectivity index (χ4n) is 3.48. The van der Waals surface area contributed by atoms with E-state index in [9.17, 15) is 0 Å². The lowest BCUT2D eigenvalue weighted by Gasteiger charge is -2.28. The molecule has 2 unspecified atom stereocenters. The zero-order chi connectivity index (χ0) is 7.64. The van der Waals surface area contributed by atoms with Gasteiger partial charge in [0, 0.05) is 0 Å². The maximum Gasteiger partial charge on any atom is -0.0286 e. The molecule has 0 saturated heterocycles. The fourth-order valence-corrected chi connectivity index (χ4v) is 3.48. The average molecular weight is 150 g/mol. The molecule has 0 radical (unpaired) electrons. The van der Waals surface area contributed by atoms with Crippen LogP contribution in [0.5, 0.6) is 0 Å². The molecule has 0 heteroatoms. The van der Waals surface area contributed by atoms with E-state index in [1.807, 2.05) is 0 Å². The zero-order valence-corrected chi connectivity index (χ0v) is 7.64. The van der Waals surface area contributed by atoms with Crippen LogP contribution in [0, 0.1) is 29.1 Å². The van der Waals surface area contributed by atoms with Crippen molar-refractivity contribution in [3.63, 3.8) is 0 Å². The molecule has 0 aromatic heterocycles. The second kappa shape index (κ2) is 1.67. The van der Waals surface area contributed by atoms with Crippen LogP contribution in [0.15, 0.2) is 0 Å². The van der Waals surface area contributed by atoms with Crippen molar-refractivity contribution < 1.29 is 0 Å². The highest BCUT2D eigenvalue weighted by atomic mass is 14.8. The smallest absolute Gasteiger partial charge is 0.0286 e. The summed E-state index contributed by atoms with van der Waals surface area (Å²) in [5.41, 5.74) is 0.786. The summed E-state index contributed by atoms with van der Waals surface area (Å²) in [5.74, 6) is 4.69. The summed E-state index contributed by atoms with van der Waals surface area (Å²) in [6.45, 7) is 4.89. The van der Waals surface area contributed by atoms with Gasteiger partial charge in [-0.2, -0.15) is 0 Å². The second-order valence-electron chi connectivity index (χ2n) is 5.57. The fraction of sp³-hybridized carbons (Fsp3) is 1.00. The molecule has 3 fully saturated rings. The quantitative estimate of drug-likeness (QED) is 0.567. The molecule has 0 aromatic rings. The van der Waals surface area contributed by atoms with Gasteiger partial charge in [-0.15, -0.1) is 0 Å². The Morgan fingerprint density at radius 3 is 2.18 bits per heavy atom. The van der Waals surface area contributed by atoms with Crippen LogP contribution in [0.25, 0.3) is 0 Å². The first-order valence-corrected chi connectivity index (χ1v) is 5.21. The first kappa shape index (κ1) is 6.51. The third kappa shape index (κ3) is 0.711. The van der Waals surface area contributed by atoms with Gasteiger partial charge >= 0.3 is 0 Å². The molecule has 0 nitrogen and oxygen atoms in total. The maximum atomic E-state index is 2.44. The molecule has 11 heavy (non-hydrogen) atoms. The Balaban J connectivity index is 1.49. The number of hydrogen-bond acceptors (Lipinski definition) is 0. The maximum absolute atomic E-state index is 2.44. The van der Waals surface area contributed by atoms with Crippen molar-refractivity contribution in [3.8, 4) is 0 Å². The number of fused-ring (bicyclic) bond motifs is 1. The number of rotatable bonds is 2. The van der Waals surface area contributed by atoms with E-state index in [4.69, 9.17) is 0 Å². The van der Waals surface area contributed by atoms with Gasteiger partial charge in [-0.3, -0.25) is 0 Å². The highest BCUT2D eigenvalue weighted by molar-refractivity contribution is 5.25. The Hall–Kier alpha value is 0. The van der Waals surface area contributed by atoms with Gasteiger partial charge in [0.15, 0.2) is 0 Å². The molecule has 0 spiro atoms. The van der Waals surface area contributed by atoms with Crippen molar-refractivity contribution in [2.75, 3.05) is 0 Å². The van der Waals surface area contributed by atoms with Crippen LogP contribution in [-0.4, -0.2) is 0 Å². The zero-order valence-electron chi connectivity index (χ0n) is 7.64. The molecule has 0 amide bonds. The minimum Gasteiger partial charge on any atom is -0.0593 e. The van der Waals surface area contributed by atoms with Crippen LogP contribution in [0.2, 0.25) is 0 Å². The van der Waals surface area contributed by atoms with Crippen LogP contribution in [0.1, 0.15) is 39.5 Å². The molecule has 2 atom stereocenters. The van der Waals surface area contributed by atoms with Crippen molar-refractivity contribution in [3.05, 3.63) is 0 Å². The largest absolute Gasteiger partial charge is 0.0593 e. The first-order valence-electron chi connectivity index (χ1n) is 5.21. The van der Waals surface area contributed by atoms with E-state index < -0.39 is 0 Å². The molecule has 0 N–H and O–H groups in total. The van der Waals surface area contributed by atoms with Gasteiger partial charge in [0.25, 0.3) is 0 Å². The molecular formula is C11H18. The first-order chi connectivity index (χ1) is 5.21. The normalized spacial score (nSPS) is 51.3. The van der Waals surface area contributed by atoms with Crippen LogP contribution in [0.4, 0.5) is 0 Å². The topological polar surface area (TPSA) is 0 Å². The van der Waals surface area contributed by atoms with E-state index >= 15 is 0 Å². The highest BCUT2D eigenvalue weighted by Crippen LogP contribution is 2.82. The Labute approximate surface area is 69.4 Å². The van der Waals surface area contributed by atoms with Crippen molar-refractivity contribution >= 4 is 0 Å². The lowest BCUT2D eigenvalue weighted by molar-refractivity contribution is 0.230. The minimum atomic E-state index is 0.786. The third-order valence-electron chi connectivity index (χ3n) is 4.61. The van der Waals surface area contributed by atoms with Gasteiger partial charge in [0.1, 0.15) is 0 Å². The summed E-state index contributed by atoms with van der Waals surface area (Å²) in [5, 5.41) is 0. The molecule has 0 aromatic carbocycles. The lowest BCUT2D eigenvalue weighted by Crippen LogP contribution is -2.17. The number of hydrogen-bond donors (Lipinski definition) is 0. The van der Waals surface area contributed by atoms with Crippen molar-refractivity contribution in [1.29, 1.82) is 0 Å². The molecule has 0 aliphatic heterocycles. The van der Waals surface area contributed by atoms with Crippen molar-refractivity contribution in [2.45, 2.75) is 39.5 Å². The summed E-state index contributed by atoms with van der Waals surface area (Å²) < 4.78 is 0. The third-order valence-corrected chi connectivity index (χ3v) is 4.61. The Kier molecular flexibility index (Phi) is 0.990. The van der Waals surface area contributed by atoms with Gasteiger partial charge in [-0.25, -0.2) is 0 Å². The SMILES string of the molecule is CC1(C)C2C(CC3CCC3)C21.